The summed E-state index contributed by atoms with van der Waals surface area (Å²) in [5.74, 6) is -0.0800. The van der Waals surface area contributed by atoms with Gasteiger partial charge in [-0.15, -0.1) is 12.4 Å². The zero-order chi connectivity index (χ0) is 23.4. The Kier molecular flexibility index (Phi) is 9.52. The normalized spacial score (nSPS) is 16.4. The largest absolute Gasteiger partial charge is 0.376 e. The minimum absolute atomic E-state index is 0. The fourth-order valence-electron chi connectivity index (χ4n) is 3.74. The Balaban J connectivity index is 0.00000385. The molecule has 0 spiro atoms. The zero-order valence-corrected chi connectivity index (χ0v) is 21.4. The van der Waals surface area contributed by atoms with E-state index in [2.05, 4.69) is 4.72 Å². The van der Waals surface area contributed by atoms with Crippen molar-refractivity contribution in [3.63, 3.8) is 0 Å². The molecule has 2 aromatic rings. The van der Waals surface area contributed by atoms with Gasteiger partial charge in [-0.25, -0.2) is 13.1 Å². The number of rotatable bonds is 9. The SMILES string of the molecule is CCN(CC1=C(c2ccc(Cl)cc2)S(=O)(=O)NC1(C)C)C(=O)CCOCc1ccccc1.Cl. The molecule has 1 heterocycles. The standard InChI is InChI=1S/C24H29ClN2O4S.ClH/c1-4-27(22(28)14-15-31-17-18-8-6-5-7-9-18)16-21-23(19-10-12-20(25)13-11-19)32(29,30)26-24(21,2)3;/h5-13,26H,4,14-17H2,1-3H3;1H. The highest BCUT2D eigenvalue weighted by Gasteiger charge is 2.43. The van der Waals surface area contributed by atoms with Crippen molar-refractivity contribution in [1.82, 2.24) is 9.62 Å². The van der Waals surface area contributed by atoms with Gasteiger partial charge in [0, 0.05) is 18.1 Å². The number of ether oxygens (including phenoxy) is 1. The van der Waals surface area contributed by atoms with Crippen molar-refractivity contribution in [3.8, 4) is 0 Å². The molecule has 6 nitrogen and oxygen atoms in total. The number of sulfonamides is 1. The van der Waals surface area contributed by atoms with Crippen LogP contribution in [0.3, 0.4) is 0 Å². The molecule has 2 aromatic carbocycles. The van der Waals surface area contributed by atoms with Gasteiger partial charge in [0.25, 0.3) is 0 Å². The summed E-state index contributed by atoms with van der Waals surface area (Å²) in [6.07, 6.45) is 0.227. The van der Waals surface area contributed by atoms with Gasteiger partial charge < -0.3 is 9.64 Å². The van der Waals surface area contributed by atoms with E-state index in [0.29, 0.717) is 35.9 Å². The van der Waals surface area contributed by atoms with Crippen LogP contribution < -0.4 is 4.72 Å². The lowest BCUT2D eigenvalue weighted by Gasteiger charge is -2.28. The number of carbonyl (C=O) groups is 1. The average Bonchev–Trinajstić information content (AvgIpc) is 2.93. The number of likely N-dealkylation sites (N-methyl/N-ethyl adjacent to an activating group) is 1. The van der Waals surface area contributed by atoms with Crippen LogP contribution >= 0.6 is 24.0 Å². The first-order chi connectivity index (χ1) is 15.1. The van der Waals surface area contributed by atoms with E-state index in [1.807, 2.05) is 51.1 Å². The Morgan fingerprint density at radius 3 is 2.33 bits per heavy atom. The zero-order valence-electron chi connectivity index (χ0n) is 19.0. The molecular formula is C24H30Cl2N2O4S. The topological polar surface area (TPSA) is 75.7 Å². The molecule has 33 heavy (non-hydrogen) atoms. The number of benzene rings is 2. The van der Waals surface area contributed by atoms with Crippen molar-refractivity contribution in [3.05, 3.63) is 76.3 Å². The third-order valence-electron chi connectivity index (χ3n) is 5.45. The van der Waals surface area contributed by atoms with Crippen molar-refractivity contribution in [2.24, 2.45) is 0 Å². The average molecular weight is 513 g/mol. The summed E-state index contributed by atoms with van der Waals surface area (Å²) in [5, 5.41) is 0.527. The molecule has 1 aliphatic rings. The Bertz CT molecular complexity index is 1090. The first-order valence-electron chi connectivity index (χ1n) is 10.6. The van der Waals surface area contributed by atoms with Gasteiger partial charge in [0.2, 0.25) is 15.9 Å². The second-order valence-corrected chi connectivity index (χ2v) is 10.3. The first kappa shape index (κ1) is 27.3. The highest BCUT2D eigenvalue weighted by atomic mass is 35.5. The smallest absolute Gasteiger partial charge is 0.242 e. The summed E-state index contributed by atoms with van der Waals surface area (Å²) >= 11 is 5.98. The van der Waals surface area contributed by atoms with Crippen LogP contribution in [0, 0.1) is 0 Å². The molecule has 3 rings (SSSR count). The van der Waals surface area contributed by atoms with Crippen LogP contribution in [0.5, 0.6) is 0 Å². The van der Waals surface area contributed by atoms with Crippen LogP contribution in [-0.4, -0.2) is 44.5 Å². The maximum atomic E-state index is 12.9. The van der Waals surface area contributed by atoms with Gasteiger partial charge in [0.15, 0.2) is 0 Å². The number of nitrogens with zero attached hydrogens (tertiary/aromatic N) is 1. The highest BCUT2D eigenvalue weighted by molar-refractivity contribution is 7.99. The molecule has 0 radical (unpaired) electrons. The number of hydrogen-bond acceptors (Lipinski definition) is 4. The summed E-state index contributed by atoms with van der Waals surface area (Å²) in [4.78, 5) is 14.8. The summed E-state index contributed by atoms with van der Waals surface area (Å²) in [7, 11) is -3.72. The van der Waals surface area contributed by atoms with Crippen LogP contribution in [0.25, 0.3) is 4.91 Å². The molecule has 0 fully saturated rings. The third-order valence-corrected chi connectivity index (χ3v) is 7.50. The van der Waals surface area contributed by atoms with E-state index < -0.39 is 15.6 Å². The molecule has 0 atom stereocenters. The molecule has 0 saturated carbocycles. The van der Waals surface area contributed by atoms with Gasteiger partial charge in [0.1, 0.15) is 0 Å². The second kappa shape index (κ2) is 11.5. The van der Waals surface area contributed by atoms with E-state index in [9.17, 15) is 13.2 Å². The van der Waals surface area contributed by atoms with Gasteiger partial charge in [-0.1, -0.05) is 54.1 Å². The van der Waals surface area contributed by atoms with Gasteiger partial charge in [-0.2, -0.15) is 0 Å². The predicted octanol–water partition coefficient (Wildman–Crippen LogP) is 4.64. The van der Waals surface area contributed by atoms with E-state index in [1.54, 1.807) is 29.2 Å². The third kappa shape index (κ3) is 6.80. The lowest BCUT2D eigenvalue weighted by Crippen LogP contribution is -2.42. The molecule has 180 valence electrons. The van der Waals surface area contributed by atoms with Crippen LogP contribution in [0.15, 0.2) is 60.2 Å². The summed E-state index contributed by atoms with van der Waals surface area (Å²) in [6.45, 7) is 6.92. The molecule has 1 aliphatic heterocycles. The Morgan fingerprint density at radius 1 is 1.09 bits per heavy atom. The maximum Gasteiger partial charge on any atom is 0.242 e. The van der Waals surface area contributed by atoms with Crippen molar-refractivity contribution in [2.75, 3.05) is 19.7 Å². The van der Waals surface area contributed by atoms with Crippen molar-refractivity contribution < 1.29 is 17.9 Å². The number of amides is 1. The van der Waals surface area contributed by atoms with Gasteiger partial charge in [0.05, 0.1) is 30.1 Å². The van der Waals surface area contributed by atoms with Crippen LogP contribution in [0.4, 0.5) is 0 Å². The lowest BCUT2D eigenvalue weighted by molar-refractivity contribution is -0.131. The number of halogens is 2. The second-order valence-electron chi connectivity index (χ2n) is 8.24. The number of hydrogen-bond donors (Lipinski definition) is 1. The number of carbonyl (C=O) groups excluding carboxylic acids is 1. The molecular weight excluding hydrogens is 483 g/mol. The molecule has 1 amide bonds. The molecule has 9 heteroatoms. The van der Waals surface area contributed by atoms with Crippen LogP contribution in [-0.2, 0) is 26.2 Å². The fraction of sp³-hybridized carbons (Fsp3) is 0.375. The molecule has 0 unspecified atom stereocenters. The van der Waals surface area contributed by atoms with Crippen molar-refractivity contribution >= 4 is 44.8 Å². The maximum absolute atomic E-state index is 12.9. The molecule has 1 N–H and O–H groups in total. The van der Waals surface area contributed by atoms with Gasteiger partial charge >= 0.3 is 0 Å². The molecule has 0 bridgehead atoms. The van der Waals surface area contributed by atoms with Crippen molar-refractivity contribution in [1.29, 1.82) is 0 Å². The minimum Gasteiger partial charge on any atom is -0.376 e. The van der Waals surface area contributed by atoms with E-state index in [-0.39, 0.29) is 36.2 Å². The summed E-state index contributed by atoms with van der Waals surface area (Å²) < 4.78 is 34.2. The van der Waals surface area contributed by atoms with E-state index in [1.165, 1.54) is 0 Å². The summed E-state index contributed by atoms with van der Waals surface area (Å²) in [5.41, 5.74) is 1.44. The van der Waals surface area contributed by atoms with E-state index >= 15 is 0 Å². The number of nitrogens with one attached hydrogen (secondary N) is 1. The monoisotopic (exact) mass is 512 g/mol. The van der Waals surface area contributed by atoms with Crippen LogP contribution in [0.1, 0.15) is 38.3 Å². The molecule has 0 aromatic heterocycles. The van der Waals surface area contributed by atoms with Gasteiger partial charge in [-0.3, -0.25) is 4.79 Å². The van der Waals surface area contributed by atoms with Crippen molar-refractivity contribution in [2.45, 2.75) is 39.3 Å². The molecule has 0 saturated heterocycles. The van der Waals surface area contributed by atoms with Gasteiger partial charge in [-0.05, 0) is 49.6 Å². The quantitative estimate of drug-likeness (QED) is 0.496. The van der Waals surface area contributed by atoms with E-state index in [4.69, 9.17) is 16.3 Å². The van der Waals surface area contributed by atoms with E-state index in [0.717, 1.165) is 5.56 Å². The Labute approximate surface area is 207 Å². The fourth-order valence-corrected chi connectivity index (χ4v) is 5.86. The lowest BCUT2D eigenvalue weighted by atomic mass is 9.92. The van der Waals surface area contributed by atoms with Crippen LogP contribution in [0.2, 0.25) is 5.02 Å². The first-order valence-corrected chi connectivity index (χ1v) is 12.4. The Morgan fingerprint density at radius 2 is 1.73 bits per heavy atom. The highest BCUT2D eigenvalue weighted by Crippen LogP contribution is 2.38. The minimum atomic E-state index is -3.72. The summed E-state index contributed by atoms with van der Waals surface area (Å²) in [6, 6.07) is 16.5. The molecule has 0 aliphatic carbocycles. The predicted molar refractivity (Wildman–Crippen MR) is 135 cm³/mol. The Hall–Kier alpha value is -1.90.